The number of carbonyl (C=O) groups is 2. The van der Waals surface area contributed by atoms with E-state index in [0.29, 0.717) is 16.3 Å². The standard InChI is InChI=1S/C25H22N2O6S/c1-14-15(2)18(24(28)26-13-34(31,32)33)10-9-17(14)16-8-11-22-20(12-16)23(25(29)30)19-6-4-5-7-21(19)27(22)3/h4-12H,13H2,1-3H3,(H2-,26,28,29,30,31,32,33). The van der Waals surface area contributed by atoms with Gasteiger partial charge in [0.15, 0.2) is 0 Å². The Morgan fingerprint density at radius 2 is 1.65 bits per heavy atom. The summed E-state index contributed by atoms with van der Waals surface area (Å²) in [6.45, 7) is 3.57. The van der Waals surface area contributed by atoms with Crippen molar-refractivity contribution in [1.29, 1.82) is 0 Å². The molecule has 1 heterocycles. The van der Waals surface area contributed by atoms with E-state index < -0.39 is 27.9 Å². The van der Waals surface area contributed by atoms with E-state index in [-0.39, 0.29) is 11.1 Å². The first-order valence-corrected chi connectivity index (χ1v) is 12.0. The lowest BCUT2D eigenvalue weighted by atomic mass is 9.91. The highest BCUT2D eigenvalue weighted by Crippen LogP contribution is 2.32. The third-order valence-corrected chi connectivity index (χ3v) is 6.63. The fourth-order valence-electron chi connectivity index (χ4n) is 4.30. The third-order valence-electron chi connectivity index (χ3n) is 6.12. The fourth-order valence-corrected chi connectivity index (χ4v) is 4.61. The molecule has 3 aromatic carbocycles. The zero-order valence-electron chi connectivity index (χ0n) is 18.7. The van der Waals surface area contributed by atoms with Gasteiger partial charge in [0.2, 0.25) is 11.0 Å². The summed E-state index contributed by atoms with van der Waals surface area (Å²) in [5, 5.41) is 15.4. The molecule has 1 amide bonds. The first-order chi connectivity index (χ1) is 16.0. The van der Waals surface area contributed by atoms with Gasteiger partial charge in [-0.1, -0.05) is 18.2 Å². The molecule has 8 nitrogen and oxygen atoms in total. The van der Waals surface area contributed by atoms with Gasteiger partial charge >= 0.3 is 0 Å². The van der Waals surface area contributed by atoms with E-state index in [4.69, 9.17) is 4.55 Å². The topological polar surface area (TPSA) is 127 Å². The predicted molar refractivity (Wildman–Crippen MR) is 126 cm³/mol. The van der Waals surface area contributed by atoms with Crippen molar-refractivity contribution in [2.45, 2.75) is 13.8 Å². The highest BCUT2D eigenvalue weighted by Gasteiger charge is 2.20. The Labute approximate surface area is 196 Å². The minimum atomic E-state index is -4.34. The molecule has 4 rings (SSSR count). The molecule has 1 aromatic heterocycles. The Hall–Kier alpha value is -3.82. The molecule has 0 spiro atoms. The predicted octanol–water partition coefficient (Wildman–Crippen LogP) is 2.04. The molecular weight excluding hydrogens is 456 g/mol. The van der Waals surface area contributed by atoms with Crippen molar-refractivity contribution in [2.75, 3.05) is 5.88 Å². The van der Waals surface area contributed by atoms with Crippen LogP contribution >= 0.6 is 0 Å². The maximum absolute atomic E-state index is 12.4. The number of amides is 1. The summed E-state index contributed by atoms with van der Waals surface area (Å²) < 4.78 is 32.7. The van der Waals surface area contributed by atoms with Gasteiger partial charge < -0.3 is 15.2 Å². The quantitative estimate of drug-likeness (QED) is 0.257. The Balaban J connectivity index is 1.87. The molecule has 174 valence electrons. The van der Waals surface area contributed by atoms with Gasteiger partial charge in [0.05, 0.1) is 16.7 Å². The summed E-state index contributed by atoms with van der Waals surface area (Å²) in [5.74, 6) is -2.77. The smallest absolute Gasteiger partial charge is 0.283 e. The van der Waals surface area contributed by atoms with Crippen molar-refractivity contribution < 1.29 is 32.2 Å². The van der Waals surface area contributed by atoms with Crippen molar-refractivity contribution in [2.24, 2.45) is 7.05 Å². The van der Waals surface area contributed by atoms with Gasteiger partial charge in [0.25, 0.3) is 16.0 Å². The van der Waals surface area contributed by atoms with Gasteiger partial charge in [-0.3, -0.25) is 9.35 Å². The fraction of sp³-hybridized carbons (Fsp3) is 0.160. The van der Waals surface area contributed by atoms with Crippen molar-refractivity contribution in [1.82, 2.24) is 5.32 Å². The number of para-hydroxylation sites is 1. The number of carboxylic acids is 1. The number of benzene rings is 3. The number of hydrogen-bond acceptors (Lipinski definition) is 5. The van der Waals surface area contributed by atoms with E-state index in [9.17, 15) is 23.1 Å². The van der Waals surface area contributed by atoms with Crippen LogP contribution in [-0.2, 0) is 17.2 Å². The van der Waals surface area contributed by atoms with Gasteiger partial charge in [-0.05, 0) is 60.4 Å². The van der Waals surface area contributed by atoms with Crippen molar-refractivity contribution in [3.8, 4) is 11.1 Å². The second-order valence-corrected chi connectivity index (χ2v) is 9.57. The maximum Gasteiger partial charge on any atom is 0.283 e. The average Bonchev–Trinajstić information content (AvgIpc) is 2.78. The van der Waals surface area contributed by atoms with Crippen LogP contribution in [0.3, 0.4) is 0 Å². The van der Waals surface area contributed by atoms with Gasteiger partial charge in [-0.25, -0.2) is 0 Å². The van der Waals surface area contributed by atoms with Crippen LogP contribution in [0.1, 0.15) is 31.8 Å². The number of rotatable bonds is 5. The molecule has 4 aromatic rings. The van der Waals surface area contributed by atoms with E-state index in [1.807, 2.05) is 42.8 Å². The summed E-state index contributed by atoms with van der Waals surface area (Å²) in [5.41, 5.74) is 4.86. The summed E-state index contributed by atoms with van der Waals surface area (Å²) in [6.07, 6.45) is 0. The maximum atomic E-state index is 12.4. The molecule has 0 saturated heterocycles. The highest BCUT2D eigenvalue weighted by molar-refractivity contribution is 7.85. The largest absolute Gasteiger partial charge is 0.545 e. The molecule has 9 heteroatoms. The van der Waals surface area contributed by atoms with Crippen LogP contribution in [0, 0.1) is 13.8 Å². The SMILES string of the molecule is Cc1c(C(=O)NCS(=O)(=O)O)ccc(-c2ccc3c(c2)c(C(=O)[O-])c2ccccc2[n+]3C)c1C. The average molecular weight is 479 g/mol. The number of pyridine rings is 1. The molecule has 0 aliphatic carbocycles. The van der Waals surface area contributed by atoms with E-state index in [0.717, 1.165) is 27.7 Å². The molecule has 0 saturated carbocycles. The van der Waals surface area contributed by atoms with E-state index >= 15 is 0 Å². The number of aromatic carboxylic acids is 1. The molecule has 0 fully saturated rings. The number of fused-ring (bicyclic) bond motifs is 2. The number of nitrogens with one attached hydrogen (secondary N) is 1. The van der Waals surface area contributed by atoms with Crippen molar-refractivity contribution >= 4 is 43.8 Å². The molecule has 0 atom stereocenters. The number of carbonyl (C=O) groups excluding carboxylic acids is 2. The normalized spacial score (nSPS) is 11.6. The summed E-state index contributed by atoms with van der Waals surface area (Å²) in [6, 6.07) is 16.1. The zero-order valence-corrected chi connectivity index (χ0v) is 19.6. The van der Waals surface area contributed by atoms with Gasteiger partial charge in [-0.2, -0.15) is 13.0 Å². The first kappa shape index (κ1) is 23.3. The third kappa shape index (κ3) is 4.11. The summed E-state index contributed by atoms with van der Waals surface area (Å²) >= 11 is 0. The number of hydrogen-bond donors (Lipinski definition) is 2. The van der Waals surface area contributed by atoms with Crippen LogP contribution in [0.5, 0.6) is 0 Å². The Morgan fingerprint density at radius 3 is 2.32 bits per heavy atom. The van der Waals surface area contributed by atoms with Crippen LogP contribution in [0.2, 0.25) is 0 Å². The van der Waals surface area contributed by atoms with Crippen molar-refractivity contribution in [3.63, 3.8) is 0 Å². The number of aromatic nitrogens is 1. The lowest BCUT2D eigenvalue weighted by Gasteiger charge is -2.15. The van der Waals surface area contributed by atoms with Crippen LogP contribution in [-0.4, -0.2) is 30.7 Å². The van der Waals surface area contributed by atoms with Crippen LogP contribution in [0.4, 0.5) is 0 Å². The second-order valence-electron chi connectivity index (χ2n) is 8.11. The highest BCUT2D eigenvalue weighted by atomic mass is 32.2. The van der Waals surface area contributed by atoms with Crippen molar-refractivity contribution in [3.05, 3.63) is 76.9 Å². The van der Waals surface area contributed by atoms with E-state index in [1.165, 1.54) is 0 Å². The zero-order chi connectivity index (χ0) is 24.8. The lowest BCUT2D eigenvalue weighted by molar-refractivity contribution is -0.617. The number of aryl methyl sites for hydroxylation is 1. The molecule has 0 radical (unpaired) electrons. The Morgan fingerprint density at radius 1 is 0.971 bits per heavy atom. The lowest BCUT2D eigenvalue weighted by Crippen LogP contribution is -2.33. The molecular formula is C25H22N2O6S. The van der Waals surface area contributed by atoms with E-state index in [1.54, 1.807) is 37.3 Å². The summed E-state index contributed by atoms with van der Waals surface area (Å²) in [4.78, 5) is 24.5. The minimum absolute atomic E-state index is 0.112. The summed E-state index contributed by atoms with van der Waals surface area (Å²) in [7, 11) is -2.47. The van der Waals surface area contributed by atoms with Gasteiger partial charge in [0.1, 0.15) is 12.9 Å². The number of nitrogens with zero attached hydrogens (tertiary/aromatic N) is 1. The first-order valence-electron chi connectivity index (χ1n) is 10.4. The van der Waals surface area contributed by atoms with E-state index in [2.05, 4.69) is 5.32 Å². The number of carboxylic acid groups (broad SMARTS) is 1. The van der Waals surface area contributed by atoms with Gasteiger partial charge in [-0.15, -0.1) is 0 Å². The molecule has 0 unspecified atom stereocenters. The molecule has 0 aliphatic rings. The van der Waals surface area contributed by atoms with Crippen LogP contribution in [0.15, 0.2) is 54.6 Å². The molecule has 34 heavy (non-hydrogen) atoms. The Bertz CT molecular complexity index is 1610. The van der Waals surface area contributed by atoms with Crippen LogP contribution in [0.25, 0.3) is 32.9 Å². The second kappa shape index (κ2) is 8.51. The molecule has 0 aliphatic heterocycles. The Kier molecular flexibility index (Phi) is 5.84. The molecule has 2 N–H and O–H groups in total. The van der Waals surface area contributed by atoms with Crippen LogP contribution < -0.4 is 15.0 Å². The van der Waals surface area contributed by atoms with Gasteiger partial charge in [0, 0.05) is 23.3 Å². The minimum Gasteiger partial charge on any atom is -0.545 e. The monoisotopic (exact) mass is 478 g/mol. The molecule has 0 bridgehead atoms.